The molecule has 1 aliphatic rings. The van der Waals surface area contributed by atoms with E-state index in [0.29, 0.717) is 5.56 Å². The summed E-state index contributed by atoms with van der Waals surface area (Å²) in [5.74, 6) is 0.882. The first-order chi connectivity index (χ1) is 10.6. The van der Waals surface area contributed by atoms with Gasteiger partial charge in [-0.1, -0.05) is 81.0 Å². The molecule has 22 heavy (non-hydrogen) atoms. The summed E-state index contributed by atoms with van der Waals surface area (Å²) in [4.78, 5) is 0. The molecule has 0 unspecified atom stereocenters. The summed E-state index contributed by atoms with van der Waals surface area (Å²) in [6.45, 7) is 6.27. The molecule has 0 saturated heterocycles. The molecule has 0 nitrogen and oxygen atoms in total. The summed E-state index contributed by atoms with van der Waals surface area (Å²) in [6, 6.07) is 13.2. The molecule has 0 amide bonds. The monoisotopic (exact) mass is 298 g/mol. The Bertz CT molecular complexity index is 577. The number of aryl methyl sites for hydroxylation is 2. The summed E-state index contributed by atoms with van der Waals surface area (Å²) in [5, 5.41) is 0. The standard InChI is InChI=1S/C14H13F.C7H14/c1-10-3-6-12(7-4-10)13-8-5-11(2)9-14(13)15;1-7-5-3-2-4-6-7/h3-9H,1-2H3;7H,2-6H2,1H3. The minimum Gasteiger partial charge on any atom is -0.206 e. The summed E-state index contributed by atoms with van der Waals surface area (Å²) in [7, 11) is 0. The van der Waals surface area contributed by atoms with Crippen LogP contribution in [0.5, 0.6) is 0 Å². The van der Waals surface area contributed by atoms with Crippen molar-refractivity contribution in [3.63, 3.8) is 0 Å². The number of halogens is 1. The fourth-order valence-corrected chi connectivity index (χ4v) is 2.89. The van der Waals surface area contributed by atoms with Gasteiger partial charge in [0.1, 0.15) is 5.82 Å². The van der Waals surface area contributed by atoms with Gasteiger partial charge in [-0.15, -0.1) is 0 Å². The second-order valence-corrected chi connectivity index (χ2v) is 6.59. The molecule has 1 fully saturated rings. The second-order valence-electron chi connectivity index (χ2n) is 6.59. The van der Waals surface area contributed by atoms with Crippen LogP contribution in [-0.2, 0) is 0 Å². The molecule has 1 saturated carbocycles. The highest BCUT2D eigenvalue weighted by Gasteiger charge is 2.06. The molecule has 0 radical (unpaired) electrons. The van der Waals surface area contributed by atoms with Gasteiger partial charge in [-0.3, -0.25) is 0 Å². The molecule has 0 heterocycles. The average molecular weight is 298 g/mol. The number of hydrogen-bond donors (Lipinski definition) is 0. The first-order valence-electron chi connectivity index (χ1n) is 8.39. The van der Waals surface area contributed by atoms with Crippen molar-refractivity contribution < 1.29 is 4.39 Å². The molecule has 1 heteroatoms. The van der Waals surface area contributed by atoms with Gasteiger partial charge < -0.3 is 0 Å². The number of rotatable bonds is 1. The van der Waals surface area contributed by atoms with Crippen molar-refractivity contribution in [1.29, 1.82) is 0 Å². The van der Waals surface area contributed by atoms with Gasteiger partial charge in [-0.05, 0) is 37.0 Å². The van der Waals surface area contributed by atoms with Gasteiger partial charge in [-0.25, -0.2) is 4.39 Å². The van der Waals surface area contributed by atoms with Crippen LogP contribution in [0.3, 0.4) is 0 Å². The summed E-state index contributed by atoms with van der Waals surface area (Å²) in [6.07, 6.45) is 7.44. The van der Waals surface area contributed by atoms with Crippen LogP contribution in [0.15, 0.2) is 42.5 Å². The highest BCUT2D eigenvalue weighted by Crippen LogP contribution is 2.24. The van der Waals surface area contributed by atoms with Gasteiger partial charge in [0.2, 0.25) is 0 Å². The first-order valence-corrected chi connectivity index (χ1v) is 8.39. The average Bonchev–Trinajstić information content (AvgIpc) is 2.50. The van der Waals surface area contributed by atoms with Crippen molar-refractivity contribution in [1.82, 2.24) is 0 Å². The molecule has 0 atom stereocenters. The first kappa shape index (κ1) is 16.7. The fraction of sp³-hybridized carbons (Fsp3) is 0.429. The second kappa shape index (κ2) is 8.12. The van der Waals surface area contributed by atoms with E-state index in [-0.39, 0.29) is 5.82 Å². The van der Waals surface area contributed by atoms with E-state index < -0.39 is 0 Å². The van der Waals surface area contributed by atoms with Gasteiger partial charge >= 0.3 is 0 Å². The lowest BCUT2D eigenvalue weighted by atomic mass is 9.91. The van der Waals surface area contributed by atoms with Crippen molar-refractivity contribution in [3.8, 4) is 11.1 Å². The zero-order valence-electron chi connectivity index (χ0n) is 14.0. The maximum atomic E-state index is 13.6. The molecule has 0 bridgehead atoms. The maximum absolute atomic E-state index is 13.6. The Labute approximate surface area is 134 Å². The molecule has 0 spiro atoms. The lowest BCUT2D eigenvalue weighted by molar-refractivity contribution is 0.385. The molecule has 0 aliphatic heterocycles. The van der Waals surface area contributed by atoms with Crippen LogP contribution in [0.1, 0.15) is 50.2 Å². The van der Waals surface area contributed by atoms with Crippen LogP contribution in [0.2, 0.25) is 0 Å². The predicted octanol–water partition coefficient (Wildman–Crippen LogP) is 6.70. The van der Waals surface area contributed by atoms with Crippen molar-refractivity contribution in [2.45, 2.75) is 52.9 Å². The number of benzene rings is 2. The van der Waals surface area contributed by atoms with Gasteiger partial charge in [0.05, 0.1) is 0 Å². The van der Waals surface area contributed by atoms with Crippen molar-refractivity contribution >= 4 is 0 Å². The minimum absolute atomic E-state index is 0.154. The lowest BCUT2D eigenvalue weighted by Gasteiger charge is -2.15. The lowest BCUT2D eigenvalue weighted by Crippen LogP contribution is -1.99. The van der Waals surface area contributed by atoms with E-state index in [4.69, 9.17) is 0 Å². The maximum Gasteiger partial charge on any atom is 0.131 e. The SMILES string of the molecule is CC1CCCCC1.Cc1ccc(-c2ccc(C)cc2F)cc1. The van der Waals surface area contributed by atoms with E-state index in [1.54, 1.807) is 6.07 Å². The Kier molecular flexibility index (Phi) is 6.18. The van der Waals surface area contributed by atoms with Crippen molar-refractivity contribution in [3.05, 3.63) is 59.4 Å². The van der Waals surface area contributed by atoms with E-state index in [1.165, 1.54) is 37.7 Å². The molecule has 2 aromatic carbocycles. The largest absolute Gasteiger partial charge is 0.206 e. The molecule has 1 aliphatic carbocycles. The Hall–Kier alpha value is -1.63. The van der Waals surface area contributed by atoms with Gasteiger partial charge in [-0.2, -0.15) is 0 Å². The van der Waals surface area contributed by atoms with E-state index in [2.05, 4.69) is 6.92 Å². The van der Waals surface area contributed by atoms with E-state index in [1.807, 2.05) is 50.2 Å². The minimum atomic E-state index is -0.154. The van der Waals surface area contributed by atoms with Crippen LogP contribution in [0.4, 0.5) is 4.39 Å². The zero-order chi connectivity index (χ0) is 15.9. The third-order valence-electron chi connectivity index (χ3n) is 4.38. The number of hydrogen-bond acceptors (Lipinski definition) is 0. The van der Waals surface area contributed by atoms with E-state index >= 15 is 0 Å². The Morgan fingerprint density at radius 3 is 1.91 bits per heavy atom. The zero-order valence-corrected chi connectivity index (χ0v) is 14.0. The van der Waals surface area contributed by atoms with Crippen LogP contribution in [-0.4, -0.2) is 0 Å². The molecule has 0 N–H and O–H groups in total. The normalized spacial score (nSPS) is 15.1. The summed E-state index contributed by atoms with van der Waals surface area (Å²) < 4.78 is 13.6. The molecule has 2 aromatic rings. The predicted molar refractivity (Wildman–Crippen MR) is 93.6 cm³/mol. The topological polar surface area (TPSA) is 0 Å². The molecule has 3 rings (SSSR count). The Morgan fingerprint density at radius 2 is 1.41 bits per heavy atom. The summed E-state index contributed by atoms with van der Waals surface area (Å²) >= 11 is 0. The van der Waals surface area contributed by atoms with Gasteiger partial charge in [0, 0.05) is 5.56 Å². The molecule has 0 aromatic heterocycles. The van der Waals surface area contributed by atoms with Crippen LogP contribution < -0.4 is 0 Å². The smallest absolute Gasteiger partial charge is 0.131 e. The van der Waals surface area contributed by atoms with Crippen LogP contribution >= 0.6 is 0 Å². The Balaban J connectivity index is 0.000000211. The molecule has 118 valence electrons. The molecular formula is C21H27F. The van der Waals surface area contributed by atoms with E-state index in [0.717, 1.165) is 17.0 Å². The highest BCUT2D eigenvalue weighted by molar-refractivity contribution is 5.64. The summed E-state index contributed by atoms with van der Waals surface area (Å²) in [5.41, 5.74) is 3.73. The van der Waals surface area contributed by atoms with Gasteiger partial charge in [0.15, 0.2) is 0 Å². The van der Waals surface area contributed by atoms with Gasteiger partial charge in [0.25, 0.3) is 0 Å². The highest BCUT2D eigenvalue weighted by atomic mass is 19.1. The van der Waals surface area contributed by atoms with Crippen molar-refractivity contribution in [2.75, 3.05) is 0 Å². The van der Waals surface area contributed by atoms with Crippen LogP contribution in [0.25, 0.3) is 11.1 Å². The van der Waals surface area contributed by atoms with Crippen LogP contribution in [0, 0.1) is 25.6 Å². The third kappa shape index (κ3) is 4.98. The van der Waals surface area contributed by atoms with E-state index in [9.17, 15) is 4.39 Å². The quantitative estimate of drug-likeness (QED) is 0.549. The Morgan fingerprint density at radius 1 is 0.818 bits per heavy atom. The fourth-order valence-electron chi connectivity index (χ4n) is 2.89. The van der Waals surface area contributed by atoms with Crippen molar-refractivity contribution in [2.24, 2.45) is 5.92 Å². The third-order valence-corrected chi connectivity index (χ3v) is 4.38. The molecular weight excluding hydrogens is 271 g/mol.